The van der Waals surface area contributed by atoms with E-state index in [4.69, 9.17) is 5.11 Å². The number of imidazole rings is 1. The van der Waals surface area contributed by atoms with Crippen LogP contribution in [-0.2, 0) is 4.79 Å². The van der Waals surface area contributed by atoms with Crippen molar-refractivity contribution in [2.45, 2.75) is 26.2 Å². The molecule has 0 saturated carbocycles. The lowest BCUT2D eigenvalue weighted by Gasteiger charge is -2.03. The molecule has 0 radical (unpaired) electrons. The fourth-order valence-corrected chi connectivity index (χ4v) is 1.73. The smallest absolute Gasteiger partial charge is 0.305 e. The lowest BCUT2D eigenvalue weighted by Crippen LogP contribution is -2.07. The number of aromatic nitrogens is 2. The number of hydrogen-bond donors (Lipinski definition) is 3. The molecule has 1 aromatic carbocycles. The van der Waals surface area contributed by atoms with Gasteiger partial charge in [-0.2, -0.15) is 0 Å². The number of carbonyl (C=O) groups is 1. The average molecular weight is 247 g/mol. The van der Waals surface area contributed by atoms with Gasteiger partial charge in [-0.25, -0.2) is 4.98 Å². The van der Waals surface area contributed by atoms with E-state index in [0.717, 1.165) is 22.5 Å². The third kappa shape index (κ3) is 2.80. The predicted octanol–water partition coefficient (Wildman–Crippen LogP) is 2.57. The summed E-state index contributed by atoms with van der Waals surface area (Å²) in [6.07, 6.45) is 0.109. The summed E-state index contributed by atoms with van der Waals surface area (Å²) in [6.45, 7) is 4.60. The zero-order valence-electron chi connectivity index (χ0n) is 10.5. The number of hydrogen-bond acceptors (Lipinski definition) is 3. The molecule has 2 aromatic rings. The maximum atomic E-state index is 10.4. The molecular weight excluding hydrogens is 230 g/mol. The molecule has 0 saturated heterocycles. The molecule has 2 rings (SSSR count). The van der Waals surface area contributed by atoms with Crippen LogP contribution in [0.4, 0.5) is 5.69 Å². The minimum absolute atomic E-state index is 0.109. The van der Waals surface area contributed by atoms with Gasteiger partial charge >= 0.3 is 5.97 Å². The van der Waals surface area contributed by atoms with E-state index < -0.39 is 5.97 Å². The van der Waals surface area contributed by atoms with Gasteiger partial charge in [-0.3, -0.25) is 4.79 Å². The Bertz CT molecular complexity index is 560. The number of rotatable bonds is 5. The minimum Gasteiger partial charge on any atom is -0.481 e. The average Bonchev–Trinajstić information content (AvgIpc) is 2.71. The molecule has 0 amide bonds. The third-order valence-electron chi connectivity index (χ3n) is 2.72. The summed E-state index contributed by atoms with van der Waals surface area (Å²) in [4.78, 5) is 18.2. The van der Waals surface area contributed by atoms with Crippen molar-refractivity contribution in [2.24, 2.45) is 0 Å². The zero-order valence-corrected chi connectivity index (χ0v) is 10.5. The van der Waals surface area contributed by atoms with Crippen molar-refractivity contribution >= 4 is 22.7 Å². The topological polar surface area (TPSA) is 78.0 Å². The fourth-order valence-electron chi connectivity index (χ4n) is 1.73. The molecule has 5 nitrogen and oxygen atoms in total. The van der Waals surface area contributed by atoms with E-state index in [1.165, 1.54) is 0 Å². The quantitative estimate of drug-likeness (QED) is 0.758. The van der Waals surface area contributed by atoms with Crippen LogP contribution < -0.4 is 5.32 Å². The van der Waals surface area contributed by atoms with E-state index in [2.05, 4.69) is 29.1 Å². The largest absolute Gasteiger partial charge is 0.481 e. The van der Waals surface area contributed by atoms with Gasteiger partial charge in [-0.05, 0) is 18.2 Å². The molecule has 0 aliphatic rings. The van der Waals surface area contributed by atoms with Crippen LogP contribution in [0.25, 0.3) is 11.0 Å². The number of anilines is 1. The molecule has 0 spiro atoms. The highest BCUT2D eigenvalue weighted by Crippen LogP contribution is 2.20. The number of fused-ring (bicyclic) bond motifs is 1. The number of carboxylic acid groups (broad SMARTS) is 1. The van der Waals surface area contributed by atoms with Gasteiger partial charge in [0.25, 0.3) is 0 Å². The number of nitrogens with zero attached hydrogens (tertiary/aromatic N) is 1. The van der Waals surface area contributed by atoms with Crippen LogP contribution in [0.2, 0.25) is 0 Å². The number of benzene rings is 1. The number of aliphatic carboxylic acids is 1. The Hall–Kier alpha value is -2.04. The number of aromatic amines is 1. The molecule has 1 heterocycles. The Labute approximate surface area is 105 Å². The first-order chi connectivity index (χ1) is 8.56. The van der Waals surface area contributed by atoms with Gasteiger partial charge in [-0.15, -0.1) is 0 Å². The van der Waals surface area contributed by atoms with Crippen molar-refractivity contribution in [2.75, 3.05) is 11.9 Å². The second-order valence-electron chi connectivity index (χ2n) is 4.58. The molecule has 0 aliphatic carbocycles. The molecule has 0 unspecified atom stereocenters. The molecule has 1 aromatic heterocycles. The highest BCUT2D eigenvalue weighted by molar-refractivity contribution is 5.79. The molecule has 96 valence electrons. The van der Waals surface area contributed by atoms with E-state index in [0.29, 0.717) is 12.5 Å². The van der Waals surface area contributed by atoms with E-state index in [9.17, 15) is 4.79 Å². The van der Waals surface area contributed by atoms with Crippen molar-refractivity contribution in [3.05, 3.63) is 24.0 Å². The Morgan fingerprint density at radius 3 is 2.94 bits per heavy atom. The van der Waals surface area contributed by atoms with Gasteiger partial charge < -0.3 is 15.4 Å². The first-order valence-electron chi connectivity index (χ1n) is 6.01. The van der Waals surface area contributed by atoms with Crippen LogP contribution in [0.15, 0.2) is 18.2 Å². The summed E-state index contributed by atoms with van der Waals surface area (Å²) in [5.74, 6) is 0.528. The fraction of sp³-hybridized carbons (Fsp3) is 0.385. The molecular formula is C13H17N3O2. The predicted molar refractivity (Wildman–Crippen MR) is 70.9 cm³/mol. The first kappa shape index (κ1) is 12.4. The highest BCUT2D eigenvalue weighted by atomic mass is 16.4. The van der Waals surface area contributed by atoms with Crippen LogP contribution in [0.1, 0.15) is 32.0 Å². The Morgan fingerprint density at radius 1 is 1.50 bits per heavy atom. The van der Waals surface area contributed by atoms with Gasteiger partial charge in [0.2, 0.25) is 0 Å². The molecule has 0 aliphatic heterocycles. The SMILES string of the molecule is CC(C)c1nc2ccc(NCCC(=O)O)cc2[nH]1. The summed E-state index contributed by atoms with van der Waals surface area (Å²) < 4.78 is 0. The van der Waals surface area contributed by atoms with Gasteiger partial charge in [0.05, 0.1) is 17.5 Å². The lowest BCUT2D eigenvalue weighted by molar-refractivity contribution is -0.136. The number of carboxylic acids is 1. The highest BCUT2D eigenvalue weighted by Gasteiger charge is 2.06. The van der Waals surface area contributed by atoms with Crippen molar-refractivity contribution in [1.82, 2.24) is 9.97 Å². The van der Waals surface area contributed by atoms with Crippen molar-refractivity contribution in [1.29, 1.82) is 0 Å². The standard InChI is InChI=1S/C13H17N3O2/c1-8(2)13-15-10-4-3-9(7-11(10)16-13)14-6-5-12(17)18/h3-4,7-8,14H,5-6H2,1-2H3,(H,15,16)(H,17,18). The normalized spacial score (nSPS) is 11.1. The Morgan fingerprint density at radius 2 is 2.28 bits per heavy atom. The molecule has 0 atom stereocenters. The summed E-state index contributed by atoms with van der Waals surface area (Å²) >= 11 is 0. The van der Waals surface area contributed by atoms with Crippen molar-refractivity contribution in [3.63, 3.8) is 0 Å². The monoisotopic (exact) mass is 247 g/mol. The molecule has 0 fully saturated rings. The van der Waals surface area contributed by atoms with E-state index in [-0.39, 0.29) is 6.42 Å². The molecule has 3 N–H and O–H groups in total. The maximum Gasteiger partial charge on any atom is 0.305 e. The van der Waals surface area contributed by atoms with E-state index in [1.807, 2.05) is 18.2 Å². The van der Waals surface area contributed by atoms with Gasteiger partial charge in [0, 0.05) is 18.2 Å². The van der Waals surface area contributed by atoms with E-state index in [1.54, 1.807) is 0 Å². The summed E-state index contributed by atoms with van der Waals surface area (Å²) in [5, 5.41) is 11.6. The Kier molecular flexibility index (Phi) is 3.50. The van der Waals surface area contributed by atoms with Gasteiger partial charge in [-0.1, -0.05) is 13.8 Å². The Balaban J connectivity index is 2.14. The van der Waals surface area contributed by atoms with E-state index >= 15 is 0 Å². The van der Waals surface area contributed by atoms with Crippen molar-refractivity contribution < 1.29 is 9.90 Å². The lowest BCUT2D eigenvalue weighted by atomic mass is 10.2. The second-order valence-corrected chi connectivity index (χ2v) is 4.58. The minimum atomic E-state index is -0.799. The van der Waals surface area contributed by atoms with Crippen LogP contribution >= 0.6 is 0 Å². The zero-order chi connectivity index (χ0) is 13.1. The second kappa shape index (κ2) is 5.08. The molecule has 18 heavy (non-hydrogen) atoms. The van der Waals surface area contributed by atoms with Crippen LogP contribution in [0.3, 0.4) is 0 Å². The summed E-state index contributed by atoms with van der Waals surface area (Å²) in [5.41, 5.74) is 2.81. The first-order valence-corrected chi connectivity index (χ1v) is 6.01. The maximum absolute atomic E-state index is 10.4. The van der Waals surface area contributed by atoms with Crippen LogP contribution in [0, 0.1) is 0 Å². The number of nitrogens with one attached hydrogen (secondary N) is 2. The number of H-pyrrole nitrogens is 1. The molecule has 0 bridgehead atoms. The van der Waals surface area contributed by atoms with Gasteiger partial charge in [0.15, 0.2) is 0 Å². The third-order valence-corrected chi connectivity index (χ3v) is 2.72. The van der Waals surface area contributed by atoms with Gasteiger partial charge in [0.1, 0.15) is 5.82 Å². The van der Waals surface area contributed by atoms with Crippen molar-refractivity contribution in [3.8, 4) is 0 Å². The summed E-state index contributed by atoms with van der Waals surface area (Å²) in [6, 6.07) is 5.80. The van der Waals surface area contributed by atoms with Crippen LogP contribution in [0.5, 0.6) is 0 Å². The molecule has 5 heteroatoms. The van der Waals surface area contributed by atoms with Crippen LogP contribution in [-0.4, -0.2) is 27.6 Å². The summed E-state index contributed by atoms with van der Waals surface area (Å²) in [7, 11) is 0.